The highest BCUT2D eigenvalue weighted by Crippen LogP contribution is 2.39. The number of Topliss-reactive ketones (excluding diaryl/α,β-unsaturated/α-hetero) is 1. The standard InChI is InChI=1S/C28H26ClFN6O2/c29-22-10-17(11-23(30)27(22)38)16-3-4-24-20(9-16)25(21(14-32-24)26(37)15-1-2-15)35-19-12-33-28(34-13-19)36-7-5-18(31)6-8-36/h3-4,9-15,18,38H,1-2,5-8,31H2,(H,32,35). The van der Waals surface area contributed by atoms with Crippen molar-refractivity contribution < 1.29 is 14.3 Å². The number of halogens is 2. The van der Waals surface area contributed by atoms with E-state index in [-0.39, 0.29) is 22.8 Å². The van der Waals surface area contributed by atoms with Crippen LogP contribution in [0.25, 0.3) is 22.0 Å². The molecule has 1 aliphatic carbocycles. The van der Waals surface area contributed by atoms with Crippen molar-refractivity contribution in [1.29, 1.82) is 0 Å². The van der Waals surface area contributed by atoms with Crippen molar-refractivity contribution in [2.75, 3.05) is 23.3 Å². The number of phenolic OH excluding ortho intramolecular Hbond substituents is 1. The summed E-state index contributed by atoms with van der Waals surface area (Å²) in [5.41, 5.74) is 9.55. The van der Waals surface area contributed by atoms with Gasteiger partial charge in [0.1, 0.15) is 0 Å². The van der Waals surface area contributed by atoms with E-state index in [9.17, 15) is 14.3 Å². The van der Waals surface area contributed by atoms with Gasteiger partial charge in [-0.15, -0.1) is 0 Å². The summed E-state index contributed by atoms with van der Waals surface area (Å²) in [6.45, 7) is 1.63. The number of aromatic hydroxyl groups is 1. The van der Waals surface area contributed by atoms with E-state index >= 15 is 0 Å². The number of phenols is 1. The van der Waals surface area contributed by atoms with E-state index in [4.69, 9.17) is 17.3 Å². The van der Waals surface area contributed by atoms with E-state index in [1.54, 1.807) is 30.7 Å². The number of fused-ring (bicyclic) bond motifs is 1. The number of nitrogens with one attached hydrogen (secondary N) is 1. The lowest BCUT2D eigenvalue weighted by molar-refractivity contribution is 0.0968. The van der Waals surface area contributed by atoms with Gasteiger partial charge in [0.15, 0.2) is 17.3 Å². The number of nitrogens with two attached hydrogens (primary N) is 1. The summed E-state index contributed by atoms with van der Waals surface area (Å²) < 4.78 is 14.2. The third-order valence-electron chi connectivity index (χ3n) is 7.16. The van der Waals surface area contributed by atoms with E-state index in [0.29, 0.717) is 44.9 Å². The number of carbonyl (C=O) groups is 1. The van der Waals surface area contributed by atoms with Crippen molar-refractivity contribution in [3.05, 3.63) is 65.3 Å². The van der Waals surface area contributed by atoms with Crippen LogP contribution in [-0.2, 0) is 0 Å². The van der Waals surface area contributed by atoms with Crippen LogP contribution in [0.15, 0.2) is 48.9 Å². The van der Waals surface area contributed by atoms with Gasteiger partial charge in [-0.2, -0.15) is 0 Å². The Morgan fingerprint density at radius 1 is 1.03 bits per heavy atom. The van der Waals surface area contributed by atoms with Crippen molar-refractivity contribution in [1.82, 2.24) is 15.0 Å². The Morgan fingerprint density at radius 2 is 1.76 bits per heavy atom. The minimum atomic E-state index is -0.811. The number of anilines is 3. The molecule has 3 heterocycles. The molecule has 2 fully saturated rings. The van der Waals surface area contributed by atoms with Crippen molar-refractivity contribution in [3.63, 3.8) is 0 Å². The zero-order valence-electron chi connectivity index (χ0n) is 20.5. The predicted molar refractivity (Wildman–Crippen MR) is 146 cm³/mol. The van der Waals surface area contributed by atoms with Crippen molar-refractivity contribution in [2.45, 2.75) is 31.7 Å². The normalized spacial score (nSPS) is 16.1. The van der Waals surface area contributed by atoms with Crippen LogP contribution < -0.4 is 16.0 Å². The smallest absolute Gasteiger partial charge is 0.225 e. The fourth-order valence-electron chi connectivity index (χ4n) is 4.78. The Bertz CT molecular complexity index is 1510. The summed E-state index contributed by atoms with van der Waals surface area (Å²) in [6.07, 6.45) is 8.53. The van der Waals surface area contributed by atoms with Gasteiger partial charge >= 0.3 is 0 Å². The monoisotopic (exact) mass is 532 g/mol. The number of nitrogens with zero attached hydrogens (tertiary/aromatic N) is 4. The average molecular weight is 533 g/mol. The molecule has 10 heteroatoms. The van der Waals surface area contributed by atoms with Gasteiger partial charge in [-0.05, 0) is 61.1 Å². The summed E-state index contributed by atoms with van der Waals surface area (Å²) in [4.78, 5) is 29.0. The maximum Gasteiger partial charge on any atom is 0.225 e. The Hall–Kier alpha value is -3.82. The van der Waals surface area contributed by atoms with Crippen LogP contribution in [0.2, 0.25) is 5.02 Å². The third kappa shape index (κ3) is 4.75. The van der Waals surface area contributed by atoms with E-state index in [2.05, 4.69) is 25.2 Å². The number of piperidine rings is 1. The Kier molecular flexibility index (Phi) is 6.33. The predicted octanol–water partition coefficient (Wildman–Crippen LogP) is 5.45. The second-order valence-electron chi connectivity index (χ2n) is 9.93. The molecule has 2 aromatic carbocycles. The first kappa shape index (κ1) is 24.5. The zero-order chi connectivity index (χ0) is 26.4. The molecule has 1 saturated carbocycles. The molecule has 2 aliphatic rings. The molecule has 1 saturated heterocycles. The Morgan fingerprint density at radius 3 is 2.45 bits per heavy atom. The van der Waals surface area contributed by atoms with Crippen LogP contribution >= 0.6 is 11.6 Å². The molecule has 0 bridgehead atoms. The molecule has 8 nitrogen and oxygen atoms in total. The van der Waals surface area contributed by atoms with Gasteiger partial charge in [-0.25, -0.2) is 14.4 Å². The highest BCUT2D eigenvalue weighted by Gasteiger charge is 2.32. The first-order valence-corrected chi connectivity index (χ1v) is 13.0. The lowest BCUT2D eigenvalue weighted by atomic mass is 9.99. The van der Waals surface area contributed by atoms with E-state index in [1.807, 2.05) is 6.07 Å². The van der Waals surface area contributed by atoms with Gasteiger partial charge in [0.25, 0.3) is 0 Å². The zero-order valence-corrected chi connectivity index (χ0v) is 21.2. The van der Waals surface area contributed by atoms with Crippen LogP contribution in [0.1, 0.15) is 36.0 Å². The molecule has 0 radical (unpaired) electrons. The number of carbonyl (C=O) groups excluding carboxylic acids is 1. The van der Waals surface area contributed by atoms with Gasteiger partial charge in [0.05, 0.1) is 39.9 Å². The molecule has 6 rings (SSSR count). The second-order valence-corrected chi connectivity index (χ2v) is 10.3. The molecule has 4 N–H and O–H groups in total. The van der Waals surface area contributed by atoms with E-state index < -0.39 is 11.6 Å². The van der Waals surface area contributed by atoms with Crippen LogP contribution in [0.5, 0.6) is 5.75 Å². The van der Waals surface area contributed by atoms with E-state index in [0.717, 1.165) is 38.8 Å². The fraction of sp³-hybridized carbons (Fsp3) is 0.286. The molecule has 1 aliphatic heterocycles. The van der Waals surface area contributed by atoms with Crippen molar-refractivity contribution in [3.8, 4) is 16.9 Å². The maximum absolute atomic E-state index is 14.2. The number of aromatic nitrogens is 3. The molecule has 0 atom stereocenters. The maximum atomic E-state index is 14.2. The van der Waals surface area contributed by atoms with Gasteiger partial charge < -0.3 is 21.1 Å². The number of hydrogen-bond acceptors (Lipinski definition) is 8. The highest BCUT2D eigenvalue weighted by atomic mass is 35.5. The molecule has 2 aromatic heterocycles. The topological polar surface area (TPSA) is 117 Å². The van der Waals surface area contributed by atoms with Gasteiger partial charge in [-0.3, -0.25) is 9.78 Å². The van der Waals surface area contributed by atoms with Crippen LogP contribution in [-0.4, -0.2) is 45.0 Å². The summed E-state index contributed by atoms with van der Waals surface area (Å²) in [5, 5.41) is 13.7. The number of benzene rings is 2. The first-order valence-electron chi connectivity index (χ1n) is 12.6. The number of hydrogen-bond donors (Lipinski definition) is 3. The van der Waals surface area contributed by atoms with Crippen LogP contribution in [0.3, 0.4) is 0 Å². The lowest BCUT2D eigenvalue weighted by Gasteiger charge is -2.30. The summed E-state index contributed by atoms with van der Waals surface area (Å²) in [7, 11) is 0. The number of rotatable bonds is 6. The molecule has 38 heavy (non-hydrogen) atoms. The Labute approximate surface area is 223 Å². The number of ketones is 1. The van der Waals surface area contributed by atoms with Gasteiger partial charge in [0.2, 0.25) is 5.95 Å². The largest absolute Gasteiger partial charge is 0.504 e. The van der Waals surface area contributed by atoms with Crippen molar-refractivity contribution in [2.24, 2.45) is 11.7 Å². The van der Waals surface area contributed by atoms with Gasteiger partial charge in [-0.1, -0.05) is 17.7 Å². The summed E-state index contributed by atoms with van der Waals surface area (Å²) in [6, 6.07) is 8.38. The average Bonchev–Trinajstić information content (AvgIpc) is 3.78. The van der Waals surface area contributed by atoms with Crippen LogP contribution in [0, 0.1) is 11.7 Å². The molecule has 0 amide bonds. The minimum absolute atomic E-state index is 0.00733. The number of pyridine rings is 1. The fourth-order valence-corrected chi connectivity index (χ4v) is 4.99. The molecule has 0 spiro atoms. The second kappa shape index (κ2) is 9.81. The minimum Gasteiger partial charge on any atom is -0.504 e. The molecule has 194 valence electrons. The highest BCUT2D eigenvalue weighted by molar-refractivity contribution is 6.32. The molecular weight excluding hydrogens is 507 g/mol. The quantitative estimate of drug-likeness (QED) is 0.280. The van der Waals surface area contributed by atoms with Gasteiger partial charge in [0, 0.05) is 36.6 Å². The molecule has 4 aromatic rings. The lowest BCUT2D eigenvalue weighted by Crippen LogP contribution is -2.40. The van der Waals surface area contributed by atoms with Crippen LogP contribution in [0.4, 0.5) is 21.7 Å². The van der Waals surface area contributed by atoms with Crippen molar-refractivity contribution >= 4 is 45.6 Å². The third-order valence-corrected chi connectivity index (χ3v) is 7.45. The molecular formula is C28H26ClFN6O2. The first-order chi connectivity index (χ1) is 18.4. The SMILES string of the molecule is NC1CCN(c2ncc(Nc3c(C(=O)C4CC4)cnc4ccc(-c5cc(F)c(O)c(Cl)c5)cc34)cn2)CC1. The summed E-state index contributed by atoms with van der Waals surface area (Å²) in [5.74, 6) is -0.729. The Balaban J connectivity index is 1.40. The molecule has 0 unspecified atom stereocenters. The van der Waals surface area contributed by atoms with E-state index in [1.165, 1.54) is 12.1 Å². The summed E-state index contributed by atoms with van der Waals surface area (Å²) >= 11 is 6.03.